The van der Waals surface area contributed by atoms with Crippen molar-refractivity contribution in [1.29, 1.82) is 0 Å². The minimum Gasteiger partial charge on any atom is -0.349 e. The molecule has 0 spiro atoms. The van der Waals surface area contributed by atoms with Crippen molar-refractivity contribution in [3.05, 3.63) is 63.2 Å². The average molecular weight is 285 g/mol. The monoisotopic (exact) mass is 284 g/mol. The maximum Gasteiger partial charge on any atom is 0.327 e. The number of halogens is 3. The quantitative estimate of drug-likeness (QED) is 0.676. The van der Waals surface area contributed by atoms with E-state index >= 15 is 0 Å². The maximum atomic E-state index is 13.4. The van der Waals surface area contributed by atoms with Gasteiger partial charge in [0, 0.05) is 0 Å². The van der Waals surface area contributed by atoms with Gasteiger partial charge in [-0.1, -0.05) is 17.7 Å². The second-order valence-electron chi connectivity index (χ2n) is 3.64. The largest absolute Gasteiger partial charge is 0.349 e. The maximum absolute atomic E-state index is 13.4. The third-order valence-electron chi connectivity index (χ3n) is 2.37. The Morgan fingerprint density at radius 2 is 1.89 bits per heavy atom. The first-order valence-corrected chi connectivity index (χ1v) is 5.52. The number of hydrogen-bond donors (Lipinski definition) is 1. The number of rotatable bonds is 3. The van der Waals surface area contributed by atoms with Crippen molar-refractivity contribution in [3.63, 3.8) is 0 Å². The van der Waals surface area contributed by atoms with Gasteiger partial charge >= 0.3 is 5.69 Å². The van der Waals surface area contributed by atoms with Crippen LogP contribution in [0.2, 0.25) is 5.02 Å². The van der Waals surface area contributed by atoms with Crippen molar-refractivity contribution >= 4 is 28.7 Å². The minimum absolute atomic E-state index is 0.0995. The van der Waals surface area contributed by atoms with Crippen LogP contribution in [-0.2, 0) is 0 Å². The van der Waals surface area contributed by atoms with E-state index in [0.29, 0.717) is 0 Å². The van der Waals surface area contributed by atoms with Crippen LogP contribution in [0.25, 0.3) is 0 Å². The molecule has 7 heteroatoms. The van der Waals surface area contributed by atoms with Gasteiger partial charge in [-0.3, -0.25) is 10.1 Å². The standard InChI is InChI=1S/C12H7ClF2N2O2/c13-8-5-4-7(14)6-11(8)16-10-3-1-2-9(15)12(10)17(18)19/h1-6,16H. The molecule has 0 fully saturated rings. The summed E-state index contributed by atoms with van der Waals surface area (Å²) in [5.41, 5.74) is -0.698. The first-order valence-electron chi connectivity index (χ1n) is 5.14. The van der Waals surface area contributed by atoms with E-state index in [2.05, 4.69) is 5.32 Å². The van der Waals surface area contributed by atoms with Crippen LogP contribution in [0.1, 0.15) is 0 Å². The highest BCUT2D eigenvalue weighted by atomic mass is 35.5. The molecular weight excluding hydrogens is 278 g/mol. The van der Waals surface area contributed by atoms with Gasteiger partial charge in [0.05, 0.1) is 15.6 Å². The van der Waals surface area contributed by atoms with E-state index in [9.17, 15) is 18.9 Å². The molecule has 0 aliphatic heterocycles. The summed E-state index contributed by atoms with van der Waals surface area (Å²) >= 11 is 5.83. The van der Waals surface area contributed by atoms with Crippen LogP contribution in [0.3, 0.4) is 0 Å². The smallest absolute Gasteiger partial charge is 0.327 e. The molecule has 0 aliphatic carbocycles. The molecule has 0 unspecified atom stereocenters. The summed E-state index contributed by atoms with van der Waals surface area (Å²) < 4.78 is 26.5. The Balaban J connectivity index is 2.46. The molecule has 0 bridgehead atoms. The first-order chi connectivity index (χ1) is 8.99. The number of nitrogens with zero attached hydrogens (tertiary/aromatic N) is 1. The third kappa shape index (κ3) is 2.79. The van der Waals surface area contributed by atoms with Gasteiger partial charge in [-0.25, -0.2) is 4.39 Å². The molecular formula is C12H7ClF2N2O2. The van der Waals surface area contributed by atoms with Gasteiger partial charge in [-0.15, -0.1) is 0 Å². The van der Waals surface area contributed by atoms with Gasteiger partial charge in [0.1, 0.15) is 11.5 Å². The summed E-state index contributed by atoms with van der Waals surface area (Å²) in [5.74, 6) is -1.55. The normalized spacial score (nSPS) is 10.3. The summed E-state index contributed by atoms with van der Waals surface area (Å²) in [7, 11) is 0. The van der Waals surface area contributed by atoms with Gasteiger partial charge in [0.25, 0.3) is 0 Å². The van der Waals surface area contributed by atoms with E-state index in [4.69, 9.17) is 11.6 Å². The first kappa shape index (κ1) is 13.2. The molecule has 0 aliphatic rings. The highest BCUT2D eigenvalue weighted by molar-refractivity contribution is 6.33. The van der Waals surface area contributed by atoms with Crippen LogP contribution in [0.4, 0.5) is 25.8 Å². The molecule has 0 saturated heterocycles. The molecule has 2 rings (SSSR count). The van der Waals surface area contributed by atoms with Gasteiger partial charge in [-0.05, 0) is 30.3 Å². The summed E-state index contributed by atoms with van der Waals surface area (Å²) in [4.78, 5) is 9.95. The van der Waals surface area contributed by atoms with Gasteiger partial charge in [-0.2, -0.15) is 4.39 Å². The lowest BCUT2D eigenvalue weighted by Gasteiger charge is -2.09. The van der Waals surface area contributed by atoms with Crippen molar-refractivity contribution in [1.82, 2.24) is 0 Å². The van der Waals surface area contributed by atoms with Gasteiger partial charge in [0.15, 0.2) is 0 Å². The fourth-order valence-corrected chi connectivity index (χ4v) is 1.70. The van der Waals surface area contributed by atoms with Crippen molar-refractivity contribution in [3.8, 4) is 0 Å². The van der Waals surface area contributed by atoms with Crippen molar-refractivity contribution < 1.29 is 13.7 Å². The number of anilines is 2. The lowest BCUT2D eigenvalue weighted by Crippen LogP contribution is -2.00. The molecule has 0 heterocycles. The van der Waals surface area contributed by atoms with Gasteiger partial charge in [0.2, 0.25) is 5.82 Å². The number of nitro benzene ring substituents is 1. The van der Waals surface area contributed by atoms with Crippen molar-refractivity contribution in [2.75, 3.05) is 5.32 Å². The Morgan fingerprint density at radius 1 is 1.16 bits per heavy atom. The summed E-state index contributed by atoms with van der Waals surface area (Å²) in [6, 6.07) is 7.09. The Labute approximate surface area is 111 Å². The Bertz CT molecular complexity index is 650. The van der Waals surface area contributed by atoms with E-state index in [-0.39, 0.29) is 16.4 Å². The number of nitrogens with one attached hydrogen (secondary N) is 1. The predicted molar refractivity (Wildman–Crippen MR) is 67.7 cm³/mol. The van der Waals surface area contributed by atoms with Crippen LogP contribution in [0, 0.1) is 21.7 Å². The molecule has 2 aromatic carbocycles. The summed E-state index contributed by atoms with van der Waals surface area (Å²) in [6.07, 6.45) is 0. The average Bonchev–Trinajstić information content (AvgIpc) is 2.33. The van der Waals surface area contributed by atoms with Crippen LogP contribution in [-0.4, -0.2) is 4.92 Å². The third-order valence-corrected chi connectivity index (χ3v) is 2.70. The Hall–Kier alpha value is -2.21. The highest BCUT2D eigenvalue weighted by Crippen LogP contribution is 2.32. The molecule has 0 atom stereocenters. The molecule has 0 radical (unpaired) electrons. The van der Waals surface area contributed by atoms with Gasteiger partial charge < -0.3 is 5.32 Å². The zero-order chi connectivity index (χ0) is 14.0. The molecule has 0 saturated carbocycles. The summed E-state index contributed by atoms with van der Waals surface area (Å²) in [5, 5.41) is 13.5. The molecule has 0 aromatic heterocycles. The zero-order valence-electron chi connectivity index (χ0n) is 9.36. The lowest BCUT2D eigenvalue weighted by molar-refractivity contribution is -0.386. The zero-order valence-corrected chi connectivity index (χ0v) is 10.1. The van der Waals surface area contributed by atoms with Crippen LogP contribution < -0.4 is 5.32 Å². The summed E-state index contributed by atoms with van der Waals surface area (Å²) in [6.45, 7) is 0. The van der Waals surface area contributed by atoms with Crippen molar-refractivity contribution in [2.24, 2.45) is 0 Å². The number of benzene rings is 2. The van der Waals surface area contributed by atoms with E-state index in [1.54, 1.807) is 0 Å². The topological polar surface area (TPSA) is 55.2 Å². The number of nitro groups is 1. The van der Waals surface area contributed by atoms with E-state index < -0.39 is 22.2 Å². The second-order valence-corrected chi connectivity index (χ2v) is 4.05. The van der Waals surface area contributed by atoms with Crippen LogP contribution in [0.5, 0.6) is 0 Å². The molecule has 1 N–H and O–H groups in total. The van der Waals surface area contributed by atoms with Crippen molar-refractivity contribution in [2.45, 2.75) is 0 Å². The highest BCUT2D eigenvalue weighted by Gasteiger charge is 2.20. The second kappa shape index (κ2) is 5.19. The Kier molecular flexibility index (Phi) is 3.62. The molecule has 2 aromatic rings. The van der Waals surface area contributed by atoms with Crippen LogP contribution >= 0.6 is 11.6 Å². The molecule has 19 heavy (non-hydrogen) atoms. The van der Waals surface area contributed by atoms with E-state index in [1.165, 1.54) is 18.2 Å². The lowest BCUT2D eigenvalue weighted by atomic mass is 10.2. The fraction of sp³-hybridized carbons (Fsp3) is 0. The molecule has 98 valence electrons. The molecule has 4 nitrogen and oxygen atoms in total. The van der Waals surface area contributed by atoms with E-state index in [1.807, 2.05) is 0 Å². The number of hydrogen-bond acceptors (Lipinski definition) is 3. The molecule has 0 amide bonds. The SMILES string of the molecule is O=[N+]([O-])c1c(F)cccc1Nc1cc(F)ccc1Cl. The van der Waals surface area contributed by atoms with Crippen LogP contribution in [0.15, 0.2) is 36.4 Å². The number of para-hydroxylation sites is 1. The minimum atomic E-state index is -0.984. The van der Waals surface area contributed by atoms with E-state index in [0.717, 1.165) is 18.2 Å². The fourth-order valence-electron chi connectivity index (χ4n) is 1.54. The Morgan fingerprint density at radius 3 is 2.58 bits per heavy atom. The predicted octanol–water partition coefficient (Wildman–Crippen LogP) is 4.27.